The largest absolute Gasteiger partial charge is 0.392 e. The number of aromatic nitrogens is 2. The molecule has 6 heteroatoms. The van der Waals surface area contributed by atoms with Crippen LogP contribution in [0, 0.1) is 0 Å². The summed E-state index contributed by atoms with van der Waals surface area (Å²) in [5, 5.41) is 11.1. The van der Waals surface area contributed by atoms with Gasteiger partial charge in [-0.3, -0.25) is 4.90 Å². The second kappa shape index (κ2) is 8.73. The van der Waals surface area contributed by atoms with Crippen molar-refractivity contribution in [2.45, 2.75) is 25.5 Å². The number of aliphatic hydroxyl groups excluding tert-OH is 1. The summed E-state index contributed by atoms with van der Waals surface area (Å²) in [7, 11) is 2.05. The van der Waals surface area contributed by atoms with Gasteiger partial charge >= 0.3 is 0 Å². The number of halogens is 1. The molecule has 1 saturated heterocycles. The van der Waals surface area contributed by atoms with Gasteiger partial charge in [-0.2, -0.15) is 0 Å². The van der Waals surface area contributed by atoms with E-state index in [1.807, 2.05) is 18.2 Å². The topological polar surface area (TPSA) is 44.5 Å². The average Bonchev–Trinajstić information content (AvgIpc) is 3.69. The molecule has 2 aliphatic rings. The highest BCUT2D eigenvalue weighted by Crippen LogP contribution is 2.43. The maximum atomic E-state index is 9.49. The highest BCUT2D eigenvalue weighted by Gasteiger charge is 2.31. The number of aliphatic hydroxyl groups is 1. The van der Waals surface area contributed by atoms with Crippen LogP contribution in [0.5, 0.6) is 0 Å². The van der Waals surface area contributed by atoms with Crippen LogP contribution in [-0.2, 0) is 13.7 Å². The molecule has 4 aromatic rings. The minimum atomic E-state index is 0.0291. The first kappa shape index (κ1) is 21.7. The van der Waals surface area contributed by atoms with E-state index in [2.05, 4.69) is 62.8 Å². The lowest BCUT2D eigenvalue weighted by molar-refractivity contribution is 0.248. The van der Waals surface area contributed by atoms with Gasteiger partial charge in [0, 0.05) is 62.1 Å². The maximum Gasteiger partial charge on any atom is 0.142 e. The number of pyridine rings is 1. The Balaban J connectivity index is 1.39. The summed E-state index contributed by atoms with van der Waals surface area (Å²) in [6.45, 7) is 4.53. The van der Waals surface area contributed by atoms with Crippen LogP contribution in [0.1, 0.15) is 18.4 Å². The summed E-state index contributed by atoms with van der Waals surface area (Å²) < 4.78 is 2.14. The van der Waals surface area contributed by atoms with E-state index < -0.39 is 0 Å². The zero-order chi connectivity index (χ0) is 23.2. The summed E-state index contributed by atoms with van der Waals surface area (Å²) in [5.41, 5.74) is 7.40. The van der Waals surface area contributed by atoms with Crippen LogP contribution in [0.4, 0.5) is 5.69 Å². The van der Waals surface area contributed by atoms with Crippen molar-refractivity contribution in [1.29, 1.82) is 0 Å². The Hall–Kier alpha value is -2.86. The average molecular weight is 473 g/mol. The van der Waals surface area contributed by atoms with Crippen molar-refractivity contribution in [2.75, 3.05) is 31.1 Å². The number of piperazine rings is 1. The van der Waals surface area contributed by atoms with E-state index in [-0.39, 0.29) is 6.61 Å². The molecule has 1 aliphatic heterocycles. The molecule has 6 rings (SSSR count). The molecule has 1 saturated carbocycles. The standard InChI is InChI=1S/C28H29ClN4O/c1-31-27(21-6-8-22(9-7-21)32-14-16-33(17-15-32)23-10-11-23)25(20-4-2-19(18-34)3-5-20)26-24(29)12-13-30-28(26)31/h2-9,12-13,23,34H,10-11,14-18H2,1H3. The van der Waals surface area contributed by atoms with Crippen molar-refractivity contribution in [3.63, 3.8) is 0 Å². The lowest BCUT2D eigenvalue weighted by Gasteiger charge is -2.36. The van der Waals surface area contributed by atoms with Crippen molar-refractivity contribution in [1.82, 2.24) is 14.5 Å². The molecule has 1 N–H and O–H groups in total. The zero-order valence-electron chi connectivity index (χ0n) is 19.4. The van der Waals surface area contributed by atoms with Crippen molar-refractivity contribution in [2.24, 2.45) is 7.05 Å². The van der Waals surface area contributed by atoms with Gasteiger partial charge in [0.05, 0.1) is 17.3 Å². The van der Waals surface area contributed by atoms with Crippen LogP contribution in [0.2, 0.25) is 5.02 Å². The van der Waals surface area contributed by atoms with Gasteiger partial charge in [-0.1, -0.05) is 48.0 Å². The van der Waals surface area contributed by atoms with E-state index >= 15 is 0 Å². The van der Waals surface area contributed by atoms with E-state index in [0.29, 0.717) is 5.02 Å². The molecule has 0 atom stereocenters. The molecule has 34 heavy (non-hydrogen) atoms. The fourth-order valence-corrected chi connectivity index (χ4v) is 5.55. The minimum absolute atomic E-state index is 0.0291. The van der Waals surface area contributed by atoms with Gasteiger partial charge in [-0.25, -0.2) is 4.98 Å². The summed E-state index contributed by atoms with van der Waals surface area (Å²) in [6, 6.07) is 19.7. The number of fused-ring (bicyclic) bond motifs is 1. The number of aryl methyl sites for hydroxylation is 1. The van der Waals surface area contributed by atoms with Gasteiger partial charge in [0.2, 0.25) is 0 Å². The van der Waals surface area contributed by atoms with Gasteiger partial charge < -0.3 is 14.6 Å². The number of rotatable bonds is 5. The van der Waals surface area contributed by atoms with Crippen LogP contribution in [0.15, 0.2) is 60.8 Å². The van der Waals surface area contributed by atoms with Crippen molar-refractivity contribution in [3.05, 3.63) is 71.4 Å². The number of hydrogen-bond donors (Lipinski definition) is 1. The van der Waals surface area contributed by atoms with Gasteiger partial charge in [-0.15, -0.1) is 0 Å². The quantitative estimate of drug-likeness (QED) is 0.426. The Morgan fingerprint density at radius 2 is 1.59 bits per heavy atom. The smallest absolute Gasteiger partial charge is 0.142 e. The minimum Gasteiger partial charge on any atom is -0.392 e. The number of nitrogens with zero attached hydrogens (tertiary/aromatic N) is 4. The number of anilines is 1. The highest BCUT2D eigenvalue weighted by atomic mass is 35.5. The first-order valence-electron chi connectivity index (χ1n) is 12.1. The second-order valence-electron chi connectivity index (χ2n) is 9.43. The lowest BCUT2D eigenvalue weighted by Crippen LogP contribution is -2.47. The van der Waals surface area contributed by atoms with E-state index in [9.17, 15) is 5.11 Å². The summed E-state index contributed by atoms with van der Waals surface area (Å²) >= 11 is 6.70. The predicted octanol–water partition coefficient (Wildman–Crippen LogP) is 5.34. The molecule has 2 aromatic carbocycles. The Labute approximate surface area is 205 Å². The molecule has 0 amide bonds. The number of hydrogen-bond acceptors (Lipinski definition) is 4. The maximum absolute atomic E-state index is 9.49. The fourth-order valence-electron chi connectivity index (χ4n) is 5.32. The molecule has 0 radical (unpaired) electrons. The summed E-state index contributed by atoms with van der Waals surface area (Å²) in [4.78, 5) is 9.79. The molecule has 1 aliphatic carbocycles. The third-order valence-electron chi connectivity index (χ3n) is 7.33. The second-order valence-corrected chi connectivity index (χ2v) is 9.84. The van der Waals surface area contributed by atoms with Crippen LogP contribution >= 0.6 is 11.6 Å². The molecule has 3 heterocycles. The summed E-state index contributed by atoms with van der Waals surface area (Å²) in [6.07, 6.45) is 4.52. The molecule has 5 nitrogen and oxygen atoms in total. The van der Waals surface area contributed by atoms with Crippen molar-refractivity contribution < 1.29 is 5.11 Å². The fraction of sp³-hybridized carbons (Fsp3) is 0.321. The molecule has 0 bridgehead atoms. The zero-order valence-corrected chi connectivity index (χ0v) is 20.2. The predicted molar refractivity (Wildman–Crippen MR) is 139 cm³/mol. The Morgan fingerprint density at radius 1 is 0.912 bits per heavy atom. The first-order valence-corrected chi connectivity index (χ1v) is 12.4. The van der Waals surface area contributed by atoms with E-state index in [1.54, 1.807) is 6.20 Å². The van der Waals surface area contributed by atoms with Crippen LogP contribution in [0.25, 0.3) is 33.4 Å². The monoisotopic (exact) mass is 472 g/mol. The first-order chi connectivity index (χ1) is 16.6. The number of benzene rings is 2. The highest BCUT2D eigenvalue weighted by molar-refractivity contribution is 6.37. The van der Waals surface area contributed by atoms with Gasteiger partial charge in [0.25, 0.3) is 0 Å². The van der Waals surface area contributed by atoms with E-state index in [0.717, 1.165) is 71.2 Å². The van der Waals surface area contributed by atoms with Gasteiger partial charge in [-0.05, 0) is 47.7 Å². The van der Waals surface area contributed by atoms with Gasteiger partial charge in [0.1, 0.15) is 5.65 Å². The lowest BCUT2D eigenvalue weighted by atomic mass is 9.97. The third-order valence-corrected chi connectivity index (χ3v) is 7.64. The molecule has 2 fully saturated rings. The van der Waals surface area contributed by atoms with Crippen molar-refractivity contribution >= 4 is 28.3 Å². The van der Waals surface area contributed by atoms with Gasteiger partial charge in [0.15, 0.2) is 0 Å². The van der Waals surface area contributed by atoms with Crippen molar-refractivity contribution in [3.8, 4) is 22.4 Å². The third kappa shape index (κ3) is 3.78. The molecular formula is C28H29ClN4O. The Bertz CT molecular complexity index is 1320. The molecule has 2 aromatic heterocycles. The van der Waals surface area contributed by atoms with E-state index in [4.69, 9.17) is 11.6 Å². The molecular weight excluding hydrogens is 444 g/mol. The van der Waals surface area contributed by atoms with Crippen LogP contribution in [0.3, 0.4) is 0 Å². The molecule has 0 spiro atoms. The molecule has 174 valence electrons. The van der Waals surface area contributed by atoms with Crippen LogP contribution in [-0.4, -0.2) is 51.8 Å². The SMILES string of the molecule is Cn1c(-c2ccc(N3CCN(C4CC4)CC3)cc2)c(-c2ccc(CO)cc2)c2c(Cl)ccnc21. The summed E-state index contributed by atoms with van der Waals surface area (Å²) in [5.74, 6) is 0. The Morgan fingerprint density at radius 3 is 2.24 bits per heavy atom. The normalized spacial score (nSPS) is 17.0. The van der Waals surface area contributed by atoms with Crippen LogP contribution < -0.4 is 4.90 Å². The molecule has 0 unspecified atom stereocenters. The Kier molecular flexibility index (Phi) is 5.56. The van der Waals surface area contributed by atoms with E-state index in [1.165, 1.54) is 18.5 Å².